The second-order valence-electron chi connectivity index (χ2n) is 9.57. The number of hydrogen-bond acceptors (Lipinski definition) is 10. The van der Waals surface area contributed by atoms with Crippen LogP contribution >= 0.6 is 23.1 Å². The highest BCUT2D eigenvalue weighted by Crippen LogP contribution is 2.40. The van der Waals surface area contributed by atoms with Crippen LogP contribution in [0.5, 0.6) is 0 Å². The molecule has 6 rings (SSSR count). The second-order valence-corrected chi connectivity index (χ2v) is 12.0. The molecule has 5 aromatic rings. The first-order valence-corrected chi connectivity index (χ1v) is 14.9. The highest BCUT2D eigenvalue weighted by Gasteiger charge is 2.32. The lowest BCUT2D eigenvalue weighted by molar-refractivity contribution is -0.245. The Morgan fingerprint density at radius 2 is 1.76 bits per heavy atom. The number of para-hydroxylation sites is 2. The number of thioether (sulfide) groups is 1. The van der Waals surface area contributed by atoms with E-state index in [1.165, 1.54) is 6.20 Å². The standard InChI is InChI=1S/C30H27N5O4S2/c1-18-34-35-30(41-18)40-17-23-14-27(20-8-6-19(16-36)7-9-20)39-29(38-23)21-10-12-22(13-11-21)32-28(37)26-15-31-24-4-2-3-5-25(24)33-26/h2-13,15,23,27,29,36H,14,16-17H2,1H3,(H,32,37). The fourth-order valence-corrected chi connectivity index (χ4v) is 6.37. The molecule has 0 spiro atoms. The van der Waals surface area contributed by atoms with Gasteiger partial charge in [-0.25, -0.2) is 4.98 Å². The van der Waals surface area contributed by atoms with Crippen molar-refractivity contribution in [1.82, 2.24) is 20.2 Å². The molecule has 2 N–H and O–H groups in total. The van der Waals surface area contributed by atoms with Gasteiger partial charge in [0.05, 0.1) is 36.0 Å². The molecule has 0 radical (unpaired) electrons. The number of amides is 1. The lowest BCUT2D eigenvalue weighted by Gasteiger charge is -2.36. The quantitative estimate of drug-likeness (QED) is 0.215. The van der Waals surface area contributed by atoms with E-state index in [9.17, 15) is 9.90 Å². The zero-order valence-electron chi connectivity index (χ0n) is 22.1. The van der Waals surface area contributed by atoms with Gasteiger partial charge in [-0.3, -0.25) is 9.78 Å². The summed E-state index contributed by atoms with van der Waals surface area (Å²) in [6.07, 6.45) is 1.29. The molecule has 9 nitrogen and oxygen atoms in total. The van der Waals surface area contributed by atoms with Gasteiger partial charge in [0.25, 0.3) is 5.91 Å². The van der Waals surface area contributed by atoms with Crippen LogP contribution in [0.25, 0.3) is 11.0 Å². The van der Waals surface area contributed by atoms with Crippen molar-refractivity contribution in [2.75, 3.05) is 11.1 Å². The van der Waals surface area contributed by atoms with E-state index in [0.717, 1.165) is 31.6 Å². The number of carbonyl (C=O) groups excluding carboxylic acids is 1. The van der Waals surface area contributed by atoms with Crippen molar-refractivity contribution in [3.63, 3.8) is 0 Å². The van der Waals surface area contributed by atoms with E-state index < -0.39 is 6.29 Å². The number of ether oxygens (including phenoxy) is 2. The van der Waals surface area contributed by atoms with Crippen LogP contribution in [0.1, 0.15) is 51.0 Å². The van der Waals surface area contributed by atoms with Crippen LogP contribution in [0.4, 0.5) is 5.69 Å². The fraction of sp³-hybridized carbons (Fsp3) is 0.233. The van der Waals surface area contributed by atoms with Gasteiger partial charge in [0.2, 0.25) is 0 Å². The maximum Gasteiger partial charge on any atom is 0.275 e. The predicted molar refractivity (Wildman–Crippen MR) is 158 cm³/mol. The number of aryl methyl sites for hydroxylation is 1. The molecule has 3 aromatic carbocycles. The van der Waals surface area contributed by atoms with Crippen LogP contribution in [-0.2, 0) is 16.1 Å². The minimum Gasteiger partial charge on any atom is -0.392 e. The number of anilines is 1. The topological polar surface area (TPSA) is 119 Å². The first-order chi connectivity index (χ1) is 20.0. The summed E-state index contributed by atoms with van der Waals surface area (Å²) in [6, 6.07) is 22.7. The number of aliphatic hydroxyl groups is 1. The van der Waals surface area contributed by atoms with Crippen LogP contribution in [0.2, 0.25) is 0 Å². The molecule has 3 heterocycles. The number of aliphatic hydroxyl groups excluding tert-OH is 1. The molecule has 41 heavy (non-hydrogen) atoms. The average molecular weight is 586 g/mol. The minimum absolute atomic E-state index is 0.00556. The Balaban J connectivity index is 1.17. The molecule has 1 amide bonds. The van der Waals surface area contributed by atoms with Gasteiger partial charge in [-0.2, -0.15) is 0 Å². The van der Waals surface area contributed by atoms with E-state index in [-0.39, 0.29) is 30.4 Å². The van der Waals surface area contributed by atoms with E-state index in [2.05, 4.69) is 25.5 Å². The van der Waals surface area contributed by atoms with Crippen LogP contribution < -0.4 is 5.32 Å². The highest BCUT2D eigenvalue weighted by molar-refractivity contribution is 8.01. The maximum absolute atomic E-state index is 12.8. The molecule has 11 heteroatoms. The van der Waals surface area contributed by atoms with Crippen molar-refractivity contribution in [2.45, 2.75) is 42.8 Å². The van der Waals surface area contributed by atoms with Crippen molar-refractivity contribution < 1.29 is 19.4 Å². The van der Waals surface area contributed by atoms with Crippen LogP contribution in [0.15, 0.2) is 83.3 Å². The smallest absolute Gasteiger partial charge is 0.275 e. The monoisotopic (exact) mass is 585 g/mol. The van der Waals surface area contributed by atoms with E-state index >= 15 is 0 Å². The number of aromatic nitrogens is 4. The molecule has 2 aromatic heterocycles. The predicted octanol–water partition coefficient (Wildman–Crippen LogP) is 5.87. The maximum atomic E-state index is 12.8. The molecular formula is C30H27N5O4S2. The van der Waals surface area contributed by atoms with Gasteiger partial charge >= 0.3 is 0 Å². The zero-order chi connectivity index (χ0) is 28.2. The third kappa shape index (κ3) is 6.61. The van der Waals surface area contributed by atoms with Crippen molar-refractivity contribution in [3.05, 3.63) is 106 Å². The van der Waals surface area contributed by atoms with Crippen molar-refractivity contribution in [3.8, 4) is 0 Å². The van der Waals surface area contributed by atoms with Crippen molar-refractivity contribution in [2.24, 2.45) is 0 Å². The molecule has 0 saturated carbocycles. The zero-order valence-corrected chi connectivity index (χ0v) is 23.8. The number of hydrogen-bond donors (Lipinski definition) is 2. The van der Waals surface area contributed by atoms with Gasteiger partial charge < -0.3 is 19.9 Å². The first-order valence-electron chi connectivity index (χ1n) is 13.1. The van der Waals surface area contributed by atoms with Gasteiger partial charge in [0, 0.05) is 23.4 Å². The molecule has 0 aliphatic carbocycles. The van der Waals surface area contributed by atoms with Crippen LogP contribution in [0.3, 0.4) is 0 Å². The third-order valence-electron chi connectivity index (χ3n) is 6.64. The Kier molecular flexibility index (Phi) is 8.31. The normalized spacial score (nSPS) is 18.8. The van der Waals surface area contributed by atoms with Gasteiger partial charge in [-0.05, 0) is 42.3 Å². The van der Waals surface area contributed by atoms with Gasteiger partial charge in [0.1, 0.15) is 10.7 Å². The van der Waals surface area contributed by atoms with E-state index in [4.69, 9.17) is 9.47 Å². The molecule has 1 saturated heterocycles. The van der Waals surface area contributed by atoms with Crippen molar-refractivity contribution in [1.29, 1.82) is 0 Å². The van der Waals surface area contributed by atoms with Crippen LogP contribution in [-0.4, -0.2) is 43.0 Å². The van der Waals surface area contributed by atoms with Gasteiger partial charge in [-0.1, -0.05) is 71.6 Å². The molecule has 3 atom stereocenters. The minimum atomic E-state index is -0.593. The van der Waals surface area contributed by atoms with E-state index in [1.54, 1.807) is 23.1 Å². The largest absolute Gasteiger partial charge is 0.392 e. The summed E-state index contributed by atoms with van der Waals surface area (Å²) in [6.45, 7) is 1.94. The molecule has 1 fully saturated rings. The molecular weight excluding hydrogens is 558 g/mol. The van der Waals surface area contributed by atoms with E-state index in [1.807, 2.05) is 79.7 Å². The summed E-state index contributed by atoms with van der Waals surface area (Å²) in [5, 5.41) is 21.6. The summed E-state index contributed by atoms with van der Waals surface area (Å²) < 4.78 is 13.7. The lowest BCUT2D eigenvalue weighted by atomic mass is 10.0. The molecule has 1 aliphatic rings. The molecule has 0 bridgehead atoms. The molecule has 1 aliphatic heterocycles. The summed E-state index contributed by atoms with van der Waals surface area (Å²) in [7, 11) is 0. The Labute approximate surface area is 245 Å². The SMILES string of the molecule is Cc1nnc(SCC2CC(c3ccc(CO)cc3)OC(c3ccc(NC(=O)c4cnc5ccccc5n4)cc3)O2)s1. The summed E-state index contributed by atoms with van der Waals surface area (Å²) in [5.41, 5.74) is 4.98. The number of nitrogens with one attached hydrogen (secondary N) is 1. The summed E-state index contributed by atoms with van der Waals surface area (Å²) in [5.74, 6) is 0.372. The average Bonchev–Trinajstić information content (AvgIpc) is 3.45. The van der Waals surface area contributed by atoms with Gasteiger partial charge in [-0.15, -0.1) is 10.2 Å². The van der Waals surface area contributed by atoms with Gasteiger partial charge in [0.15, 0.2) is 10.6 Å². The number of rotatable bonds is 8. The number of benzene rings is 3. The highest BCUT2D eigenvalue weighted by atomic mass is 32.2. The first kappa shape index (κ1) is 27.4. The Morgan fingerprint density at radius 1 is 1.00 bits per heavy atom. The summed E-state index contributed by atoms with van der Waals surface area (Å²) in [4.78, 5) is 21.6. The number of nitrogens with zero attached hydrogens (tertiary/aromatic N) is 4. The summed E-state index contributed by atoms with van der Waals surface area (Å²) >= 11 is 3.20. The third-order valence-corrected chi connectivity index (χ3v) is 8.74. The second kappa shape index (κ2) is 12.4. The Hall–Kier alpha value is -3.74. The van der Waals surface area contributed by atoms with E-state index in [0.29, 0.717) is 23.4 Å². The Bertz CT molecular complexity index is 1650. The lowest BCUT2D eigenvalue weighted by Crippen LogP contribution is -2.31. The molecule has 3 unspecified atom stereocenters. The van der Waals surface area contributed by atoms with Crippen LogP contribution in [0, 0.1) is 6.92 Å². The number of fused-ring (bicyclic) bond motifs is 1. The molecule has 208 valence electrons. The van der Waals surface area contributed by atoms with Crippen molar-refractivity contribution >= 4 is 45.7 Å². The number of carbonyl (C=O) groups is 1. The Morgan fingerprint density at radius 3 is 2.49 bits per heavy atom. The fourth-order valence-electron chi connectivity index (χ4n) is 4.51.